The fraction of sp³-hybridized carbons (Fsp3) is 0.300. The molecule has 1 fully saturated rings. The summed E-state index contributed by atoms with van der Waals surface area (Å²) < 4.78 is 28.4. The number of hydrogen-bond acceptors (Lipinski definition) is 2. The third-order valence-corrected chi connectivity index (χ3v) is 4.80. The summed E-state index contributed by atoms with van der Waals surface area (Å²) in [5.41, 5.74) is 2.64. The van der Waals surface area contributed by atoms with Crippen molar-refractivity contribution < 1.29 is 13.6 Å². The van der Waals surface area contributed by atoms with Crippen LogP contribution in [-0.2, 0) is 11.2 Å². The predicted molar refractivity (Wildman–Crippen MR) is 94.7 cm³/mol. The molecule has 1 aliphatic rings. The average molecular weight is 355 g/mol. The molecule has 1 amide bonds. The van der Waals surface area contributed by atoms with Crippen LogP contribution in [0.25, 0.3) is 16.9 Å². The van der Waals surface area contributed by atoms with Crippen molar-refractivity contribution in [2.24, 2.45) is 0 Å². The summed E-state index contributed by atoms with van der Waals surface area (Å²) in [4.78, 5) is 18.8. The number of halogens is 2. The third-order valence-electron chi connectivity index (χ3n) is 4.80. The van der Waals surface area contributed by atoms with Gasteiger partial charge in [-0.25, -0.2) is 13.8 Å². The van der Waals surface area contributed by atoms with E-state index in [1.165, 1.54) is 12.5 Å². The van der Waals surface area contributed by atoms with Gasteiger partial charge in [0.15, 0.2) is 11.6 Å². The van der Waals surface area contributed by atoms with Crippen LogP contribution < -0.4 is 0 Å². The van der Waals surface area contributed by atoms with Crippen molar-refractivity contribution in [3.8, 4) is 11.3 Å². The Balaban J connectivity index is 1.57. The van der Waals surface area contributed by atoms with Crippen molar-refractivity contribution in [1.29, 1.82) is 0 Å². The van der Waals surface area contributed by atoms with Crippen LogP contribution in [0, 0.1) is 11.6 Å². The highest BCUT2D eigenvalue weighted by Gasteiger charge is 2.17. The average Bonchev–Trinajstić information content (AvgIpc) is 3.08. The summed E-state index contributed by atoms with van der Waals surface area (Å²) in [7, 11) is 0. The van der Waals surface area contributed by atoms with Crippen LogP contribution in [0.3, 0.4) is 0 Å². The number of hydrogen-bond donors (Lipinski definition) is 0. The lowest BCUT2D eigenvalue weighted by molar-refractivity contribution is -0.131. The van der Waals surface area contributed by atoms with Crippen LogP contribution in [0.4, 0.5) is 8.78 Å². The number of amides is 1. The molecule has 0 aliphatic carbocycles. The van der Waals surface area contributed by atoms with E-state index in [0.29, 0.717) is 23.3 Å². The summed E-state index contributed by atoms with van der Waals surface area (Å²) in [6.07, 6.45) is 7.29. The summed E-state index contributed by atoms with van der Waals surface area (Å²) in [5, 5.41) is 0. The number of pyridine rings is 1. The fourth-order valence-electron chi connectivity index (χ4n) is 3.36. The molecular formula is C20H19F2N3O. The molecule has 134 valence electrons. The highest BCUT2D eigenvalue weighted by atomic mass is 19.2. The Morgan fingerprint density at radius 3 is 2.62 bits per heavy atom. The lowest BCUT2D eigenvalue weighted by Gasteiger charge is -2.26. The molecule has 1 aliphatic heterocycles. The van der Waals surface area contributed by atoms with E-state index in [0.717, 1.165) is 43.6 Å². The second-order valence-electron chi connectivity index (χ2n) is 6.67. The molecule has 2 aromatic heterocycles. The van der Waals surface area contributed by atoms with Crippen LogP contribution in [0.15, 0.2) is 42.7 Å². The van der Waals surface area contributed by atoms with E-state index in [1.54, 1.807) is 6.20 Å². The van der Waals surface area contributed by atoms with Gasteiger partial charge in [0.1, 0.15) is 5.65 Å². The molecule has 3 aromatic rings. The Labute approximate surface area is 150 Å². The van der Waals surface area contributed by atoms with E-state index in [9.17, 15) is 13.6 Å². The summed E-state index contributed by atoms with van der Waals surface area (Å²) in [5.74, 6) is -1.63. The number of likely N-dealkylation sites (tertiary alicyclic amines) is 1. The Morgan fingerprint density at radius 2 is 1.85 bits per heavy atom. The molecular weight excluding hydrogens is 336 g/mol. The largest absolute Gasteiger partial charge is 0.342 e. The van der Waals surface area contributed by atoms with Gasteiger partial charge < -0.3 is 9.30 Å². The van der Waals surface area contributed by atoms with Gasteiger partial charge in [-0.05, 0) is 55.2 Å². The van der Waals surface area contributed by atoms with Gasteiger partial charge in [0.25, 0.3) is 0 Å². The van der Waals surface area contributed by atoms with Gasteiger partial charge in [-0.1, -0.05) is 0 Å². The first-order chi connectivity index (χ1) is 12.6. The SMILES string of the molecule is O=C(Cc1ccn2cc(-c3ccc(F)c(F)c3)nc2c1)N1CCCCC1. The first-order valence-electron chi connectivity index (χ1n) is 8.81. The molecule has 1 saturated heterocycles. The second kappa shape index (κ2) is 6.86. The second-order valence-corrected chi connectivity index (χ2v) is 6.67. The molecule has 0 radical (unpaired) electrons. The van der Waals surface area contributed by atoms with E-state index in [1.807, 2.05) is 27.6 Å². The highest BCUT2D eigenvalue weighted by Crippen LogP contribution is 2.22. The molecule has 4 rings (SSSR count). The molecule has 0 N–H and O–H groups in total. The van der Waals surface area contributed by atoms with Crippen molar-refractivity contribution >= 4 is 11.6 Å². The number of imidazole rings is 1. The van der Waals surface area contributed by atoms with Crippen LogP contribution in [0.1, 0.15) is 24.8 Å². The Bertz CT molecular complexity index is 961. The third kappa shape index (κ3) is 3.31. The number of carbonyl (C=O) groups excluding carboxylic acids is 1. The minimum absolute atomic E-state index is 0.140. The maximum absolute atomic E-state index is 13.5. The number of nitrogens with zero attached hydrogens (tertiary/aromatic N) is 3. The molecule has 0 bridgehead atoms. The molecule has 4 nitrogen and oxygen atoms in total. The molecule has 1 aromatic carbocycles. The Morgan fingerprint density at radius 1 is 1.04 bits per heavy atom. The zero-order valence-electron chi connectivity index (χ0n) is 14.3. The van der Waals surface area contributed by atoms with Gasteiger partial charge in [0, 0.05) is 31.0 Å². The molecule has 3 heterocycles. The van der Waals surface area contributed by atoms with Gasteiger partial charge in [0.05, 0.1) is 12.1 Å². The number of rotatable bonds is 3. The lowest BCUT2D eigenvalue weighted by Crippen LogP contribution is -2.36. The maximum atomic E-state index is 13.5. The van der Waals surface area contributed by atoms with Gasteiger partial charge in [-0.3, -0.25) is 4.79 Å². The van der Waals surface area contributed by atoms with E-state index in [4.69, 9.17) is 0 Å². The predicted octanol–water partition coefficient (Wildman–Crippen LogP) is 3.83. The first-order valence-corrected chi connectivity index (χ1v) is 8.81. The van der Waals surface area contributed by atoms with E-state index in [-0.39, 0.29) is 5.91 Å². The summed E-state index contributed by atoms with van der Waals surface area (Å²) in [6.45, 7) is 1.68. The van der Waals surface area contributed by atoms with Crippen molar-refractivity contribution in [3.63, 3.8) is 0 Å². The lowest BCUT2D eigenvalue weighted by atomic mass is 10.1. The normalized spacial score (nSPS) is 14.8. The van der Waals surface area contributed by atoms with Crippen molar-refractivity contribution in [2.75, 3.05) is 13.1 Å². The van der Waals surface area contributed by atoms with Crippen LogP contribution in [-0.4, -0.2) is 33.3 Å². The van der Waals surface area contributed by atoms with Crippen LogP contribution in [0.5, 0.6) is 0 Å². The van der Waals surface area contributed by atoms with Crippen molar-refractivity contribution in [2.45, 2.75) is 25.7 Å². The van der Waals surface area contributed by atoms with Gasteiger partial charge in [0.2, 0.25) is 5.91 Å². The number of fused-ring (bicyclic) bond motifs is 1. The summed E-state index contributed by atoms with van der Waals surface area (Å²) in [6, 6.07) is 7.49. The zero-order chi connectivity index (χ0) is 18.1. The number of aromatic nitrogens is 2. The Kier molecular flexibility index (Phi) is 4.41. The topological polar surface area (TPSA) is 37.6 Å². The highest BCUT2D eigenvalue weighted by molar-refractivity contribution is 5.79. The minimum atomic E-state index is -0.896. The van der Waals surface area contributed by atoms with Gasteiger partial charge >= 0.3 is 0 Å². The monoisotopic (exact) mass is 355 g/mol. The molecule has 0 spiro atoms. The number of piperidine rings is 1. The number of carbonyl (C=O) groups is 1. The smallest absolute Gasteiger partial charge is 0.226 e. The zero-order valence-corrected chi connectivity index (χ0v) is 14.3. The van der Waals surface area contributed by atoms with Crippen molar-refractivity contribution in [1.82, 2.24) is 14.3 Å². The Hall–Kier alpha value is -2.76. The molecule has 0 atom stereocenters. The molecule has 0 saturated carbocycles. The van der Waals surface area contributed by atoms with E-state index < -0.39 is 11.6 Å². The van der Waals surface area contributed by atoms with Crippen LogP contribution in [0.2, 0.25) is 0 Å². The van der Waals surface area contributed by atoms with Gasteiger partial charge in [-0.2, -0.15) is 0 Å². The maximum Gasteiger partial charge on any atom is 0.226 e. The van der Waals surface area contributed by atoms with Crippen LogP contribution >= 0.6 is 0 Å². The standard InChI is InChI=1S/C20H19F2N3O/c21-16-5-4-15(12-17(16)22)18-13-25-9-6-14(10-19(25)23-18)11-20(26)24-7-2-1-3-8-24/h4-6,9-10,12-13H,1-3,7-8,11H2. The molecule has 6 heteroatoms. The molecule has 26 heavy (non-hydrogen) atoms. The minimum Gasteiger partial charge on any atom is -0.342 e. The van der Waals surface area contributed by atoms with Gasteiger partial charge in [-0.15, -0.1) is 0 Å². The summed E-state index contributed by atoms with van der Waals surface area (Å²) >= 11 is 0. The first kappa shape index (κ1) is 16.7. The quantitative estimate of drug-likeness (QED) is 0.716. The van der Waals surface area contributed by atoms with E-state index >= 15 is 0 Å². The molecule has 0 unspecified atom stereocenters. The number of benzene rings is 1. The fourth-order valence-corrected chi connectivity index (χ4v) is 3.36. The van der Waals surface area contributed by atoms with Crippen molar-refractivity contribution in [3.05, 3.63) is 59.9 Å². The van der Waals surface area contributed by atoms with E-state index in [2.05, 4.69) is 4.98 Å².